The van der Waals surface area contributed by atoms with Crippen molar-refractivity contribution in [3.8, 4) is 0 Å². The van der Waals surface area contributed by atoms with E-state index < -0.39 is 36.2 Å². The Bertz CT molecular complexity index is 1120. The average molecular weight is 449 g/mol. The zero-order valence-electron chi connectivity index (χ0n) is 16.5. The van der Waals surface area contributed by atoms with Crippen LogP contribution in [0.2, 0.25) is 5.15 Å². The predicted molar refractivity (Wildman–Crippen MR) is 111 cm³/mol. The van der Waals surface area contributed by atoms with Gasteiger partial charge >= 0.3 is 5.92 Å². The topological polar surface area (TPSA) is 102 Å². The first-order chi connectivity index (χ1) is 14.8. The Morgan fingerprint density at radius 2 is 2.00 bits per heavy atom. The molecule has 0 spiro atoms. The molecule has 0 fully saturated rings. The summed E-state index contributed by atoms with van der Waals surface area (Å²) in [6.07, 6.45) is 3.99. The molecule has 3 rings (SSSR count). The van der Waals surface area contributed by atoms with Crippen molar-refractivity contribution in [2.45, 2.75) is 25.9 Å². The van der Waals surface area contributed by atoms with E-state index in [1.807, 2.05) is 19.1 Å². The van der Waals surface area contributed by atoms with Crippen LogP contribution in [-0.4, -0.2) is 32.0 Å². The van der Waals surface area contributed by atoms with Gasteiger partial charge in [-0.1, -0.05) is 17.7 Å². The summed E-state index contributed by atoms with van der Waals surface area (Å²) in [5, 5.41) is 4.86. The minimum Gasteiger partial charge on any atom is -0.359 e. The molecular formula is C20H19ClF2N6O2. The lowest BCUT2D eigenvalue weighted by molar-refractivity contribution is -0.121. The van der Waals surface area contributed by atoms with Gasteiger partial charge in [0, 0.05) is 12.4 Å². The standard InChI is InChI=1S/C20H19ClF2N6O2/c1-13-5-7-24-14(8-13)9-26-17(30)11-29-16(21)10-27-18(19(29)31)28-12-20(22,23)15-4-2-3-6-25-15/h2-8,10H,9,11-12H2,1H3,(H,26,30)(H,27,28). The van der Waals surface area contributed by atoms with Crippen molar-refractivity contribution >= 4 is 23.3 Å². The van der Waals surface area contributed by atoms with Crippen molar-refractivity contribution in [2.24, 2.45) is 0 Å². The maximum Gasteiger partial charge on any atom is 0.306 e. The lowest BCUT2D eigenvalue weighted by Gasteiger charge is -2.17. The summed E-state index contributed by atoms with van der Waals surface area (Å²) in [6.45, 7) is 0.755. The van der Waals surface area contributed by atoms with E-state index in [-0.39, 0.29) is 17.5 Å². The van der Waals surface area contributed by atoms with Gasteiger partial charge in [-0.3, -0.25) is 24.1 Å². The van der Waals surface area contributed by atoms with Crippen LogP contribution in [0, 0.1) is 6.92 Å². The smallest absolute Gasteiger partial charge is 0.306 e. The van der Waals surface area contributed by atoms with E-state index in [4.69, 9.17) is 11.6 Å². The molecule has 3 aromatic heterocycles. The van der Waals surface area contributed by atoms with E-state index in [2.05, 4.69) is 25.6 Å². The Morgan fingerprint density at radius 1 is 1.19 bits per heavy atom. The number of amides is 1. The molecule has 31 heavy (non-hydrogen) atoms. The van der Waals surface area contributed by atoms with E-state index in [1.165, 1.54) is 24.4 Å². The Labute approximate surface area is 181 Å². The number of carbonyl (C=O) groups excluding carboxylic acids is 1. The van der Waals surface area contributed by atoms with Gasteiger partial charge < -0.3 is 10.6 Å². The summed E-state index contributed by atoms with van der Waals surface area (Å²) >= 11 is 5.99. The molecule has 0 bridgehead atoms. The van der Waals surface area contributed by atoms with Crippen LogP contribution in [0.3, 0.4) is 0 Å². The molecule has 1 amide bonds. The van der Waals surface area contributed by atoms with E-state index in [1.54, 1.807) is 6.20 Å². The minimum absolute atomic E-state index is 0.101. The first-order valence-electron chi connectivity index (χ1n) is 9.23. The van der Waals surface area contributed by atoms with Crippen molar-refractivity contribution < 1.29 is 13.6 Å². The third-order valence-corrected chi connectivity index (χ3v) is 4.57. The lowest BCUT2D eigenvalue weighted by Crippen LogP contribution is -2.35. The van der Waals surface area contributed by atoms with E-state index >= 15 is 0 Å². The molecular weight excluding hydrogens is 430 g/mol. The molecule has 0 aromatic carbocycles. The van der Waals surface area contributed by atoms with Crippen LogP contribution in [-0.2, 0) is 23.8 Å². The quantitative estimate of drug-likeness (QED) is 0.549. The van der Waals surface area contributed by atoms with Crippen molar-refractivity contribution in [3.05, 3.63) is 81.4 Å². The molecule has 0 aliphatic carbocycles. The zero-order chi connectivity index (χ0) is 22.4. The second-order valence-corrected chi connectivity index (χ2v) is 7.08. The zero-order valence-corrected chi connectivity index (χ0v) is 17.2. The van der Waals surface area contributed by atoms with Crippen LogP contribution in [0.15, 0.2) is 53.7 Å². The van der Waals surface area contributed by atoms with Crippen LogP contribution in [0.1, 0.15) is 17.0 Å². The number of alkyl halides is 2. The van der Waals surface area contributed by atoms with E-state index in [9.17, 15) is 18.4 Å². The van der Waals surface area contributed by atoms with Gasteiger partial charge in [0.2, 0.25) is 5.91 Å². The number of pyridine rings is 2. The van der Waals surface area contributed by atoms with E-state index in [0.717, 1.165) is 16.3 Å². The Morgan fingerprint density at radius 3 is 2.71 bits per heavy atom. The molecule has 0 aliphatic heterocycles. The highest BCUT2D eigenvalue weighted by Crippen LogP contribution is 2.25. The van der Waals surface area contributed by atoms with Gasteiger partial charge in [-0.05, 0) is 36.8 Å². The number of hydrogen-bond acceptors (Lipinski definition) is 6. The Balaban J connectivity index is 1.67. The summed E-state index contributed by atoms with van der Waals surface area (Å²) in [5.74, 6) is -4.19. The van der Waals surface area contributed by atoms with Gasteiger partial charge in [0.15, 0.2) is 5.82 Å². The van der Waals surface area contributed by atoms with Gasteiger partial charge in [-0.2, -0.15) is 8.78 Å². The molecule has 162 valence electrons. The van der Waals surface area contributed by atoms with Gasteiger partial charge in [0.05, 0.1) is 25.0 Å². The van der Waals surface area contributed by atoms with Gasteiger partial charge in [0.25, 0.3) is 5.56 Å². The number of nitrogens with zero attached hydrogens (tertiary/aromatic N) is 4. The minimum atomic E-state index is -3.34. The van der Waals surface area contributed by atoms with E-state index in [0.29, 0.717) is 5.69 Å². The maximum atomic E-state index is 14.3. The summed E-state index contributed by atoms with van der Waals surface area (Å²) in [7, 11) is 0. The van der Waals surface area contributed by atoms with Gasteiger partial charge in [0.1, 0.15) is 17.4 Å². The highest BCUT2D eigenvalue weighted by Gasteiger charge is 2.33. The molecule has 11 heteroatoms. The number of anilines is 1. The number of carbonyl (C=O) groups is 1. The number of halogens is 3. The number of aromatic nitrogens is 4. The molecule has 0 unspecified atom stereocenters. The lowest BCUT2D eigenvalue weighted by atomic mass is 10.2. The maximum absolute atomic E-state index is 14.3. The predicted octanol–water partition coefficient (Wildman–Crippen LogP) is 2.52. The largest absolute Gasteiger partial charge is 0.359 e. The number of aryl methyl sites for hydroxylation is 1. The molecule has 8 nitrogen and oxygen atoms in total. The van der Waals surface area contributed by atoms with Crippen LogP contribution < -0.4 is 16.2 Å². The Kier molecular flexibility index (Phi) is 6.91. The molecule has 0 atom stereocenters. The molecule has 0 saturated carbocycles. The van der Waals surface area contributed by atoms with Crippen LogP contribution >= 0.6 is 11.6 Å². The highest BCUT2D eigenvalue weighted by atomic mass is 35.5. The fraction of sp³-hybridized carbons (Fsp3) is 0.250. The normalized spacial score (nSPS) is 11.2. The molecule has 3 aromatic rings. The van der Waals surface area contributed by atoms with Crippen LogP contribution in [0.4, 0.5) is 14.6 Å². The molecule has 0 aliphatic rings. The summed E-state index contributed by atoms with van der Waals surface area (Å²) in [4.78, 5) is 36.4. The van der Waals surface area contributed by atoms with Crippen LogP contribution in [0.25, 0.3) is 0 Å². The summed E-state index contributed by atoms with van der Waals surface area (Å²) in [6, 6.07) is 7.78. The monoisotopic (exact) mass is 448 g/mol. The average Bonchev–Trinajstić information content (AvgIpc) is 2.75. The van der Waals surface area contributed by atoms with Gasteiger partial charge in [-0.25, -0.2) is 4.98 Å². The number of rotatable bonds is 8. The van der Waals surface area contributed by atoms with Crippen molar-refractivity contribution in [1.29, 1.82) is 0 Å². The highest BCUT2D eigenvalue weighted by molar-refractivity contribution is 6.29. The first-order valence-corrected chi connectivity index (χ1v) is 9.61. The molecule has 2 N–H and O–H groups in total. The molecule has 0 radical (unpaired) electrons. The fourth-order valence-corrected chi connectivity index (χ4v) is 2.87. The number of hydrogen-bond donors (Lipinski definition) is 2. The van der Waals surface area contributed by atoms with Crippen molar-refractivity contribution in [1.82, 2.24) is 24.8 Å². The second-order valence-electron chi connectivity index (χ2n) is 6.70. The SMILES string of the molecule is Cc1ccnc(CNC(=O)Cn2c(Cl)cnc(NCC(F)(F)c3ccccn3)c2=O)c1. The third-order valence-electron chi connectivity index (χ3n) is 4.26. The first kappa shape index (κ1) is 22.3. The van der Waals surface area contributed by atoms with Gasteiger partial charge in [-0.15, -0.1) is 0 Å². The second kappa shape index (κ2) is 9.61. The van der Waals surface area contributed by atoms with Crippen LogP contribution in [0.5, 0.6) is 0 Å². The molecule has 3 heterocycles. The molecule has 0 saturated heterocycles. The summed E-state index contributed by atoms with van der Waals surface area (Å²) in [5.41, 5.74) is 0.403. The third kappa shape index (κ3) is 5.82. The van der Waals surface area contributed by atoms with Crippen molar-refractivity contribution in [2.75, 3.05) is 11.9 Å². The number of nitrogens with one attached hydrogen (secondary N) is 2. The summed E-state index contributed by atoms with van der Waals surface area (Å²) < 4.78 is 29.5. The Hall–Kier alpha value is -3.40. The van der Waals surface area contributed by atoms with Crippen molar-refractivity contribution in [3.63, 3.8) is 0 Å². The fourth-order valence-electron chi connectivity index (χ4n) is 2.68.